The Hall–Kier alpha value is -3.80. The smallest absolute Gasteiger partial charge is 0.196 e. The van der Waals surface area contributed by atoms with Crippen molar-refractivity contribution in [2.75, 3.05) is 47.0 Å². The third kappa shape index (κ3) is 3.61. The Kier molecular flexibility index (Phi) is 5.29. The summed E-state index contributed by atoms with van der Waals surface area (Å²) in [7, 11) is 0. The molecule has 0 aromatic heterocycles. The number of anilines is 4. The molecule has 33 heavy (non-hydrogen) atoms. The summed E-state index contributed by atoms with van der Waals surface area (Å²) in [5.41, 5.74) is 11.3. The lowest BCUT2D eigenvalue weighted by Gasteiger charge is -2.38. The van der Waals surface area contributed by atoms with Crippen molar-refractivity contribution < 1.29 is 9.59 Å². The minimum absolute atomic E-state index is 0.0978. The molecular formula is C27H28N4O2. The molecule has 3 N–H and O–H groups in total. The van der Waals surface area contributed by atoms with Crippen molar-refractivity contribution in [3.05, 3.63) is 82.9 Å². The van der Waals surface area contributed by atoms with Gasteiger partial charge in [-0.3, -0.25) is 9.59 Å². The van der Waals surface area contributed by atoms with Crippen molar-refractivity contribution in [2.45, 2.75) is 19.9 Å². The standard InChI is InChI=1S/C27H28N4O2/c1-17(2)29-21-16-22(31-14-12-30(13-15-31)18-8-4-3-5-9-18)25(28)24-23(21)26(32)19-10-6-7-11-20(19)27(24)33/h3-11,16-17,29H,12-15,28H2,1-2H3. The summed E-state index contributed by atoms with van der Waals surface area (Å²) < 4.78 is 0. The Balaban J connectivity index is 1.55. The number of nitrogens with two attached hydrogens (primary N) is 1. The van der Waals surface area contributed by atoms with Gasteiger partial charge < -0.3 is 20.9 Å². The topological polar surface area (TPSA) is 78.7 Å². The first-order chi connectivity index (χ1) is 16.0. The molecule has 2 aliphatic rings. The summed E-state index contributed by atoms with van der Waals surface area (Å²) in [5.74, 6) is -0.343. The molecule has 3 aromatic carbocycles. The Morgan fingerprint density at radius 3 is 1.94 bits per heavy atom. The molecule has 168 valence electrons. The summed E-state index contributed by atoms with van der Waals surface area (Å²) in [6.45, 7) is 7.29. The number of ketones is 2. The van der Waals surface area contributed by atoms with Crippen molar-refractivity contribution >= 4 is 34.3 Å². The van der Waals surface area contributed by atoms with Gasteiger partial charge in [0.25, 0.3) is 0 Å². The van der Waals surface area contributed by atoms with E-state index in [0.29, 0.717) is 33.6 Å². The zero-order valence-electron chi connectivity index (χ0n) is 19.0. The highest BCUT2D eigenvalue weighted by molar-refractivity contribution is 6.32. The summed E-state index contributed by atoms with van der Waals surface area (Å²) in [6.07, 6.45) is 0. The van der Waals surface area contributed by atoms with Crippen molar-refractivity contribution in [3.63, 3.8) is 0 Å². The van der Waals surface area contributed by atoms with E-state index in [1.54, 1.807) is 24.3 Å². The lowest BCUT2D eigenvalue weighted by molar-refractivity contribution is 0.0980. The molecule has 5 rings (SSSR count). The summed E-state index contributed by atoms with van der Waals surface area (Å²) in [6, 6.07) is 19.4. The molecule has 1 fully saturated rings. The monoisotopic (exact) mass is 440 g/mol. The molecule has 0 amide bonds. The van der Waals surface area contributed by atoms with Crippen LogP contribution in [-0.2, 0) is 0 Å². The Morgan fingerprint density at radius 2 is 1.33 bits per heavy atom. The van der Waals surface area contributed by atoms with Gasteiger partial charge in [-0.2, -0.15) is 0 Å². The first-order valence-corrected chi connectivity index (χ1v) is 11.4. The predicted molar refractivity (Wildman–Crippen MR) is 134 cm³/mol. The third-order valence-electron chi connectivity index (χ3n) is 6.40. The summed E-state index contributed by atoms with van der Waals surface area (Å²) >= 11 is 0. The van der Waals surface area contributed by atoms with Gasteiger partial charge in [-0.1, -0.05) is 42.5 Å². The van der Waals surface area contributed by atoms with Gasteiger partial charge in [0, 0.05) is 54.7 Å². The minimum atomic E-state index is -0.186. The van der Waals surface area contributed by atoms with E-state index in [2.05, 4.69) is 27.2 Å². The van der Waals surface area contributed by atoms with Crippen molar-refractivity contribution in [1.29, 1.82) is 0 Å². The van der Waals surface area contributed by atoms with Gasteiger partial charge in [-0.25, -0.2) is 0 Å². The van der Waals surface area contributed by atoms with E-state index in [1.165, 1.54) is 5.69 Å². The summed E-state index contributed by atoms with van der Waals surface area (Å²) in [4.78, 5) is 31.5. The maximum absolute atomic E-state index is 13.5. The number of para-hydroxylation sites is 1. The fourth-order valence-corrected chi connectivity index (χ4v) is 4.84. The fourth-order valence-electron chi connectivity index (χ4n) is 4.84. The average molecular weight is 441 g/mol. The molecule has 0 atom stereocenters. The number of nitrogens with one attached hydrogen (secondary N) is 1. The van der Waals surface area contributed by atoms with Crippen LogP contribution in [0, 0.1) is 0 Å². The van der Waals surface area contributed by atoms with Crippen molar-refractivity contribution in [3.8, 4) is 0 Å². The number of nitrogen functional groups attached to an aromatic ring is 1. The van der Waals surface area contributed by atoms with Gasteiger partial charge in [0.15, 0.2) is 11.6 Å². The Labute approximate surface area is 194 Å². The number of fused-ring (bicyclic) bond motifs is 2. The quantitative estimate of drug-likeness (QED) is 0.463. The van der Waals surface area contributed by atoms with Crippen LogP contribution in [0.25, 0.3) is 0 Å². The molecular weight excluding hydrogens is 412 g/mol. The van der Waals surface area contributed by atoms with Crippen LogP contribution in [0.15, 0.2) is 60.7 Å². The molecule has 1 heterocycles. The van der Waals surface area contributed by atoms with Crippen LogP contribution in [0.5, 0.6) is 0 Å². The number of benzene rings is 3. The molecule has 0 spiro atoms. The van der Waals surface area contributed by atoms with E-state index in [4.69, 9.17) is 5.73 Å². The van der Waals surface area contributed by atoms with Crippen LogP contribution in [0.1, 0.15) is 45.7 Å². The van der Waals surface area contributed by atoms with E-state index in [-0.39, 0.29) is 17.6 Å². The average Bonchev–Trinajstić information content (AvgIpc) is 2.84. The lowest BCUT2D eigenvalue weighted by Crippen LogP contribution is -2.47. The van der Waals surface area contributed by atoms with Crippen molar-refractivity contribution in [2.24, 2.45) is 0 Å². The number of carbonyl (C=O) groups is 2. The fraction of sp³-hybridized carbons (Fsp3) is 0.259. The van der Waals surface area contributed by atoms with Gasteiger partial charge in [0.05, 0.1) is 22.5 Å². The lowest BCUT2D eigenvalue weighted by atomic mass is 9.81. The van der Waals surface area contributed by atoms with Crippen LogP contribution < -0.4 is 20.9 Å². The first kappa shape index (κ1) is 21.1. The zero-order valence-corrected chi connectivity index (χ0v) is 19.0. The summed E-state index contributed by atoms with van der Waals surface area (Å²) in [5, 5.41) is 3.39. The number of nitrogens with zero attached hydrogens (tertiary/aromatic N) is 2. The highest BCUT2D eigenvalue weighted by atomic mass is 16.1. The van der Waals surface area contributed by atoms with E-state index in [0.717, 1.165) is 31.9 Å². The van der Waals surface area contributed by atoms with Gasteiger partial charge in [-0.05, 0) is 32.0 Å². The Morgan fingerprint density at radius 1 is 0.788 bits per heavy atom. The maximum Gasteiger partial charge on any atom is 0.196 e. The van der Waals surface area contributed by atoms with Crippen LogP contribution in [-0.4, -0.2) is 43.8 Å². The number of hydrogen-bond donors (Lipinski definition) is 2. The second-order valence-electron chi connectivity index (χ2n) is 8.92. The van der Waals surface area contributed by atoms with E-state index in [9.17, 15) is 9.59 Å². The molecule has 0 unspecified atom stereocenters. The second kappa shape index (κ2) is 8.28. The number of hydrogen-bond acceptors (Lipinski definition) is 6. The minimum Gasteiger partial charge on any atom is -0.396 e. The van der Waals surface area contributed by atoms with Gasteiger partial charge in [0.2, 0.25) is 0 Å². The van der Waals surface area contributed by atoms with E-state index < -0.39 is 0 Å². The van der Waals surface area contributed by atoms with Crippen molar-refractivity contribution in [1.82, 2.24) is 0 Å². The molecule has 1 aliphatic carbocycles. The molecule has 0 radical (unpaired) electrons. The van der Waals surface area contributed by atoms with Crippen LogP contribution >= 0.6 is 0 Å². The molecule has 1 saturated heterocycles. The molecule has 6 nitrogen and oxygen atoms in total. The van der Waals surface area contributed by atoms with Crippen LogP contribution in [0.2, 0.25) is 0 Å². The predicted octanol–water partition coefficient (Wildman–Crippen LogP) is 4.19. The number of carbonyl (C=O) groups excluding carboxylic acids is 2. The molecule has 1 aliphatic heterocycles. The van der Waals surface area contributed by atoms with E-state index >= 15 is 0 Å². The van der Waals surface area contributed by atoms with Crippen LogP contribution in [0.3, 0.4) is 0 Å². The van der Waals surface area contributed by atoms with Crippen LogP contribution in [0.4, 0.5) is 22.7 Å². The zero-order chi connectivity index (χ0) is 23.1. The Bertz CT molecular complexity index is 1230. The second-order valence-corrected chi connectivity index (χ2v) is 8.92. The van der Waals surface area contributed by atoms with Gasteiger partial charge in [0.1, 0.15) is 0 Å². The first-order valence-electron chi connectivity index (χ1n) is 11.4. The maximum atomic E-state index is 13.5. The number of rotatable bonds is 4. The molecule has 0 bridgehead atoms. The molecule has 0 saturated carbocycles. The molecule has 3 aromatic rings. The highest BCUT2D eigenvalue weighted by Gasteiger charge is 2.35. The third-order valence-corrected chi connectivity index (χ3v) is 6.40. The highest BCUT2D eigenvalue weighted by Crippen LogP contribution is 2.41. The van der Waals surface area contributed by atoms with Gasteiger partial charge in [-0.15, -0.1) is 0 Å². The molecule has 6 heteroatoms. The van der Waals surface area contributed by atoms with E-state index in [1.807, 2.05) is 38.1 Å². The SMILES string of the molecule is CC(C)Nc1cc(N2CCN(c3ccccc3)CC2)c(N)c2c1C(=O)c1ccccc1C2=O. The largest absolute Gasteiger partial charge is 0.396 e. The normalized spacial score (nSPS) is 15.5. The number of piperazine rings is 1. The van der Waals surface area contributed by atoms with Gasteiger partial charge >= 0.3 is 0 Å².